The minimum atomic E-state index is -4.39. The van der Waals surface area contributed by atoms with Crippen LogP contribution in [0.1, 0.15) is 21.6 Å². The van der Waals surface area contributed by atoms with Gasteiger partial charge in [0.1, 0.15) is 18.0 Å². The van der Waals surface area contributed by atoms with Gasteiger partial charge in [-0.2, -0.15) is 23.1 Å². The molecule has 9 nitrogen and oxygen atoms in total. The van der Waals surface area contributed by atoms with Gasteiger partial charge in [-0.1, -0.05) is 5.16 Å². The van der Waals surface area contributed by atoms with E-state index < -0.39 is 12.7 Å². The number of H-pyrrole nitrogens is 1. The average molecular weight is 445 g/mol. The fraction of sp³-hybridized carbons (Fsp3) is 0.200. The number of benzene rings is 1. The van der Waals surface area contributed by atoms with Crippen LogP contribution in [-0.2, 0) is 0 Å². The third kappa shape index (κ3) is 4.63. The first-order chi connectivity index (χ1) is 15.2. The number of amides is 1. The van der Waals surface area contributed by atoms with Gasteiger partial charge in [-0.15, -0.1) is 0 Å². The van der Waals surface area contributed by atoms with Gasteiger partial charge < -0.3 is 20.1 Å². The van der Waals surface area contributed by atoms with Crippen LogP contribution in [0.15, 0.2) is 41.1 Å². The fourth-order valence-electron chi connectivity index (χ4n) is 2.86. The van der Waals surface area contributed by atoms with Crippen LogP contribution in [0.4, 0.5) is 36.5 Å². The van der Waals surface area contributed by atoms with Crippen LogP contribution in [0.2, 0.25) is 0 Å². The number of rotatable bonds is 6. The van der Waals surface area contributed by atoms with Crippen LogP contribution in [0.5, 0.6) is 0 Å². The highest BCUT2D eigenvalue weighted by Crippen LogP contribution is 2.25. The summed E-state index contributed by atoms with van der Waals surface area (Å²) in [4.78, 5) is 23.7. The Morgan fingerprint density at radius 3 is 2.53 bits per heavy atom. The zero-order valence-corrected chi connectivity index (χ0v) is 17.0. The van der Waals surface area contributed by atoms with Crippen LogP contribution in [0.3, 0.4) is 0 Å². The molecule has 0 saturated heterocycles. The highest BCUT2D eigenvalue weighted by Gasteiger charge is 2.27. The summed E-state index contributed by atoms with van der Waals surface area (Å²) in [5.41, 5.74) is 2.71. The van der Waals surface area contributed by atoms with E-state index in [0.29, 0.717) is 28.0 Å². The molecule has 4 N–H and O–H groups in total. The van der Waals surface area contributed by atoms with Crippen molar-refractivity contribution in [3.63, 3.8) is 0 Å². The zero-order chi connectivity index (χ0) is 22.9. The van der Waals surface area contributed by atoms with Crippen molar-refractivity contribution < 1.29 is 22.5 Å². The predicted molar refractivity (Wildman–Crippen MR) is 112 cm³/mol. The van der Waals surface area contributed by atoms with Gasteiger partial charge in [-0.25, -0.2) is 0 Å². The average Bonchev–Trinajstić information content (AvgIpc) is 3.34. The Bertz CT molecular complexity index is 1260. The molecule has 1 amide bonds. The quantitative estimate of drug-likeness (QED) is 0.344. The summed E-state index contributed by atoms with van der Waals surface area (Å²) in [6.45, 7) is 2.33. The number of aromatic nitrogens is 4. The van der Waals surface area contributed by atoms with Crippen LogP contribution in [0.25, 0.3) is 11.0 Å². The third-order valence-corrected chi connectivity index (χ3v) is 4.66. The van der Waals surface area contributed by atoms with Crippen molar-refractivity contribution in [1.82, 2.24) is 20.1 Å². The molecule has 0 bridgehead atoms. The lowest BCUT2D eigenvalue weighted by atomic mass is 10.2. The number of nitrogens with zero attached hydrogens (tertiary/aromatic N) is 3. The van der Waals surface area contributed by atoms with E-state index in [1.807, 2.05) is 0 Å². The number of anilines is 4. The largest absolute Gasteiger partial charge is 0.405 e. The predicted octanol–water partition coefficient (Wildman–Crippen LogP) is 4.53. The topological polar surface area (TPSA) is 121 Å². The number of aryl methyl sites for hydroxylation is 1. The minimum absolute atomic E-state index is 0.0461. The third-order valence-electron chi connectivity index (χ3n) is 4.66. The molecule has 1 aromatic carbocycles. The highest BCUT2D eigenvalue weighted by atomic mass is 19.4. The van der Waals surface area contributed by atoms with Gasteiger partial charge in [0.05, 0.1) is 11.1 Å². The Morgan fingerprint density at radius 2 is 1.88 bits per heavy atom. The smallest absolute Gasteiger partial charge is 0.360 e. The molecule has 32 heavy (non-hydrogen) atoms. The number of hydrogen-bond acceptors (Lipinski definition) is 7. The second kappa shape index (κ2) is 8.21. The lowest BCUT2D eigenvalue weighted by Crippen LogP contribution is -2.22. The van der Waals surface area contributed by atoms with Crippen molar-refractivity contribution >= 4 is 40.3 Å². The molecule has 3 aromatic heterocycles. The van der Waals surface area contributed by atoms with Crippen molar-refractivity contribution in [3.05, 3.63) is 53.3 Å². The fourth-order valence-corrected chi connectivity index (χ4v) is 2.86. The maximum atomic E-state index is 12.6. The van der Waals surface area contributed by atoms with E-state index in [1.54, 1.807) is 50.4 Å². The van der Waals surface area contributed by atoms with E-state index >= 15 is 0 Å². The summed E-state index contributed by atoms with van der Waals surface area (Å²) < 4.78 is 42.9. The lowest BCUT2D eigenvalue weighted by Gasteiger charge is -2.12. The molecular weight excluding hydrogens is 427 g/mol. The molecule has 0 aliphatic carbocycles. The molecular formula is C20H18F3N7O2. The molecule has 0 aliphatic rings. The van der Waals surface area contributed by atoms with E-state index in [2.05, 4.69) is 36.1 Å². The first kappa shape index (κ1) is 21.2. The van der Waals surface area contributed by atoms with Gasteiger partial charge in [0.15, 0.2) is 0 Å². The molecule has 0 fully saturated rings. The second-order valence-corrected chi connectivity index (χ2v) is 6.98. The summed E-state index contributed by atoms with van der Waals surface area (Å²) in [6, 6.07) is 7.98. The van der Waals surface area contributed by atoms with E-state index in [9.17, 15) is 18.0 Å². The van der Waals surface area contributed by atoms with Crippen molar-refractivity contribution in [2.45, 2.75) is 20.0 Å². The molecule has 4 rings (SSSR count). The molecule has 0 spiro atoms. The Balaban J connectivity index is 1.49. The van der Waals surface area contributed by atoms with Crippen LogP contribution in [-0.4, -0.2) is 38.7 Å². The summed E-state index contributed by atoms with van der Waals surface area (Å²) in [5.74, 6) is 0.0408. The van der Waals surface area contributed by atoms with E-state index in [4.69, 9.17) is 4.52 Å². The van der Waals surface area contributed by atoms with Crippen LogP contribution in [0, 0.1) is 13.8 Å². The summed E-state index contributed by atoms with van der Waals surface area (Å²) in [7, 11) is 0. The van der Waals surface area contributed by atoms with Crippen molar-refractivity contribution in [2.24, 2.45) is 0 Å². The molecule has 0 radical (unpaired) electrons. The number of fused-ring (bicyclic) bond motifs is 1. The Kier molecular flexibility index (Phi) is 5.43. The number of carbonyl (C=O) groups excluding carboxylic acids is 1. The second-order valence-electron chi connectivity index (χ2n) is 6.98. The standard InChI is InChI=1S/C20H18F3N7O2/c1-10-11(2)30-32-18(10)29-17(31)12-3-5-13(6-4-12)26-19-27-15-14(7-8-24-15)16(28-19)25-9-20(21,22)23/h3-8H,9H2,1-2H3,(H,29,31)(H3,24,25,26,27,28). The lowest BCUT2D eigenvalue weighted by molar-refractivity contribution is -0.115. The van der Waals surface area contributed by atoms with Crippen LogP contribution >= 0.6 is 0 Å². The molecule has 3 heterocycles. The highest BCUT2D eigenvalue weighted by molar-refractivity contribution is 6.04. The monoisotopic (exact) mass is 445 g/mol. The SMILES string of the molecule is Cc1noc(NC(=O)c2ccc(Nc3nc(NCC(F)(F)F)c4cc[nH]c4n3)cc2)c1C. The van der Waals surface area contributed by atoms with E-state index in [-0.39, 0.29) is 23.6 Å². The van der Waals surface area contributed by atoms with Gasteiger partial charge in [-0.3, -0.25) is 10.1 Å². The van der Waals surface area contributed by atoms with Crippen molar-refractivity contribution in [1.29, 1.82) is 0 Å². The number of alkyl halides is 3. The number of halogens is 3. The molecule has 12 heteroatoms. The van der Waals surface area contributed by atoms with Crippen molar-refractivity contribution in [3.8, 4) is 0 Å². The molecule has 166 valence electrons. The molecule has 0 aliphatic heterocycles. The summed E-state index contributed by atoms with van der Waals surface area (Å²) in [6.07, 6.45) is -2.83. The van der Waals surface area contributed by atoms with Gasteiger partial charge in [-0.05, 0) is 44.2 Å². The van der Waals surface area contributed by atoms with Gasteiger partial charge in [0.2, 0.25) is 11.8 Å². The molecule has 4 aromatic rings. The number of carbonyl (C=O) groups is 1. The first-order valence-corrected chi connectivity index (χ1v) is 9.46. The van der Waals surface area contributed by atoms with Gasteiger partial charge >= 0.3 is 6.18 Å². The number of aromatic amines is 1. The Hall–Kier alpha value is -4.09. The number of hydrogen-bond donors (Lipinski definition) is 4. The first-order valence-electron chi connectivity index (χ1n) is 9.46. The number of nitrogens with one attached hydrogen (secondary N) is 4. The summed E-state index contributed by atoms with van der Waals surface area (Å²) >= 11 is 0. The van der Waals surface area contributed by atoms with Crippen molar-refractivity contribution in [2.75, 3.05) is 22.5 Å². The maximum Gasteiger partial charge on any atom is 0.405 e. The molecule has 0 unspecified atom stereocenters. The maximum absolute atomic E-state index is 12.6. The molecule has 0 atom stereocenters. The summed E-state index contributed by atoms with van der Waals surface area (Å²) in [5, 5.41) is 12.1. The van der Waals surface area contributed by atoms with Gasteiger partial charge in [0, 0.05) is 23.0 Å². The molecule has 0 saturated carbocycles. The normalized spacial score (nSPS) is 11.5. The minimum Gasteiger partial charge on any atom is -0.360 e. The Labute approximate surface area is 179 Å². The zero-order valence-electron chi connectivity index (χ0n) is 17.0. The van der Waals surface area contributed by atoms with Gasteiger partial charge in [0.25, 0.3) is 5.91 Å². The van der Waals surface area contributed by atoms with E-state index in [1.165, 1.54) is 0 Å². The van der Waals surface area contributed by atoms with E-state index in [0.717, 1.165) is 5.56 Å². The van der Waals surface area contributed by atoms with Crippen LogP contribution < -0.4 is 16.0 Å². The Morgan fingerprint density at radius 1 is 1.12 bits per heavy atom.